The minimum atomic E-state index is -2.73. The highest BCUT2D eigenvalue weighted by Gasteiger charge is 2.36. The number of aliphatic hydroxyl groups is 1. The van der Waals surface area contributed by atoms with Gasteiger partial charge in [0.05, 0.1) is 17.1 Å². The molecule has 1 aliphatic carbocycles. The molecule has 2 aliphatic rings. The van der Waals surface area contributed by atoms with E-state index in [1.807, 2.05) is 0 Å². The van der Waals surface area contributed by atoms with Crippen LogP contribution in [-0.2, 0) is 9.84 Å². The first kappa shape index (κ1) is 10.4. The lowest BCUT2D eigenvalue weighted by atomic mass is 9.76. The number of sulfone groups is 1. The van der Waals surface area contributed by atoms with Crippen LogP contribution in [0, 0.1) is 5.92 Å². The molecule has 0 bridgehead atoms. The van der Waals surface area contributed by atoms with Crippen LogP contribution in [0.5, 0.6) is 0 Å². The average Bonchev–Trinajstić information content (AvgIpc) is 2.39. The molecule has 1 N–H and O–H groups in total. The zero-order valence-corrected chi connectivity index (χ0v) is 9.22. The van der Waals surface area contributed by atoms with E-state index in [0.717, 1.165) is 38.5 Å². The third-order valence-corrected chi connectivity index (χ3v) is 5.47. The van der Waals surface area contributed by atoms with Crippen molar-refractivity contribution in [3.05, 3.63) is 0 Å². The van der Waals surface area contributed by atoms with Gasteiger partial charge in [-0.05, 0) is 44.4 Å². The predicted molar refractivity (Wildman–Crippen MR) is 54.8 cm³/mol. The summed E-state index contributed by atoms with van der Waals surface area (Å²) in [4.78, 5) is 0. The van der Waals surface area contributed by atoms with Crippen LogP contribution in [0.1, 0.15) is 38.5 Å². The van der Waals surface area contributed by atoms with Crippen molar-refractivity contribution in [1.82, 2.24) is 0 Å². The van der Waals surface area contributed by atoms with Crippen molar-refractivity contribution in [2.45, 2.75) is 44.1 Å². The van der Waals surface area contributed by atoms with Crippen LogP contribution in [0.3, 0.4) is 0 Å². The van der Waals surface area contributed by atoms with Gasteiger partial charge in [-0.1, -0.05) is 0 Å². The highest BCUT2D eigenvalue weighted by molar-refractivity contribution is 7.91. The van der Waals surface area contributed by atoms with Gasteiger partial charge >= 0.3 is 0 Å². The topological polar surface area (TPSA) is 54.4 Å². The maximum Gasteiger partial charge on any atom is 0.150 e. The van der Waals surface area contributed by atoms with E-state index in [2.05, 4.69) is 0 Å². The van der Waals surface area contributed by atoms with E-state index < -0.39 is 15.4 Å². The Hall–Kier alpha value is -0.0900. The molecule has 1 saturated carbocycles. The SMILES string of the molecule is O=S1(=O)CCC(CCC2(O)CCC2)C1. The number of hydrogen-bond acceptors (Lipinski definition) is 3. The summed E-state index contributed by atoms with van der Waals surface area (Å²) in [5.74, 6) is 1.02. The molecular weight excluding hydrogens is 200 g/mol. The van der Waals surface area contributed by atoms with E-state index in [1.165, 1.54) is 0 Å². The largest absolute Gasteiger partial charge is 0.390 e. The first-order chi connectivity index (χ1) is 6.49. The Morgan fingerprint density at radius 1 is 1.36 bits per heavy atom. The van der Waals surface area contributed by atoms with Crippen LogP contribution in [0.15, 0.2) is 0 Å². The summed E-state index contributed by atoms with van der Waals surface area (Å²) < 4.78 is 22.4. The van der Waals surface area contributed by atoms with E-state index in [4.69, 9.17) is 0 Å². The van der Waals surface area contributed by atoms with E-state index in [0.29, 0.717) is 17.4 Å². The van der Waals surface area contributed by atoms with Gasteiger partial charge in [-0.15, -0.1) is 0 Å². The zero-order chi connectivity index (χ0) is 10.2. The van der Waals surface area contributed by atoms with Gasteiger partial charge in [0.15, 0.2) is 9.84 Å². The number of rotatable bonds is 3. The molecule has 0 aromatic rings. The first-order valence-corrected chi connectivity index (χ1v) is 7.24. The van der Waals surface area contributed by atoms with Gasteiger partial charge in [-0.3, -0.25) is 0 Å². The summed E-state index contributed by atoms with van der Waals surface area (Å²) in [6.07, 6.45) is 5.43. The van der Waals surface area contributed by atoms with E-state index >= 15 is 0 Å². The summed E-state index contributed by atoms with van der Waals surface area (Å²) >= 11 is 0. The van der Waals surface area contributed by atoms with Crippen molar-refractivity contribution in [3.8, 4) is 0 Å². The molecule has 1 heterocycles. The molecule has 0 aromatic carbocycles. The predicted octanol–water partition coefficient (Wildman–Crippen LogP) is 1.12. The fourth-order valence-corrected chi connectivity index (χ4v) is 4.32. The molecule has 0 spiro atoms. The molecule has 2 rings (SSSR count). The smallest absolute Gasteiger partial charge is 0.150 e. The van der Waals surface area contributed by atoms with Crippen molar-refractivity contribution >= 4 is 9.84 Å². The maximum absolute atomic E-state index is 11.2. The second-order valence-corrected chi connectivity index (χ2v) is 7.11. The van der Waals surface area contributed by atoms with Crippen LogP contribution in [-0.4, -0.2) is 30.6 Å². The van der Waals surface area contributed by atoms with Gasteiger partial charge in [0.25, 0.3) is 0 Å². The highest BCUT2D eigenvalue weighted by Crippen LogP contribution is 2.37. The third-order valence-electron chi connectivity index (χ3n) is 3.63. The Balaban J connectivity index is 1.77. The Kier molecular flexibility index (Phi) is 2.60. The molecular formula is C10H18O3S. The molecule has 2 fully saturated rings. The molecule has 4 heteroatoms. The standard InChI is InChI=1S/C10H18O3S/c11-10(4-1-5-10)6-2-9-3-7-14(12,13)8-9/h9,11H,1-8H2. The molecule has 14 heavy (non-hydrogen) atoms. The van der Waals surface area contributed by atoms with Crippen LogP contribution >= 0.6 is 0 Å². The van der Waals surface area contributed by atoms with Gasteiger partial charge in [0.1, 0.15) is 0 Å². The molecule has 0 radical (unpaired) electrons. The normalized spacial score (nSPS) is 33.9. The first-order valence-electron chi connectivity index (χ1n) is 5.42. The van der Waals surface area contributed by atoms with Crippen molar-refractivity contribution in [3.63, 3.8) is 0 Å². The molecule has 1 atom stereocenters. The lowest BCUT2D eigenvalue weighted by molar-refractivity contribution is -0.0440. The van der Waals surface area contributed by atoms with Crippen molar-refractivity contribution in [2.75, 3.05) is 11.5 Å². The molecule has 1 unspecified atom stereocenters. The molecule has 1 aliphatic heterocycles. The number of hydrogen-bond donors (Lipinski definition) is 1. The van der Waals surface area contributed by atoms with Gasteiger partial charge < -0.3 is 5.11 Å². The lowest BCUT2D eigenvalue weighted by Gasteiger charge is -2.37. The molecule has 0 aromatic heterocycles. The monoisotopic (exact) mass is 218 g/mol. The van der Waals surface area contributed by atoms with Gasteiger partial charge in [-0.2, -0.15) is 0 Å². The molecule has 3 nitrogen and oxygen atoms in total. The Bertz CT molecular complexity index is 303. The van der Waals surface area contributed by atoms with Crippen LogP contribution in [0.25, 0.3) is 0 Å². The summed E-state index contributed by atoms with van der Waals surface area (Å²) in [6, 6.07) is 0. The summed E-state index contributed by atoms with van der Waals surface area (Å²) in [5, 5.41) is 9.85. The van der Waals surface area contributed by atoms with Crippen molar-refractivity contribution in [2.24, 2.45) is 5.92 Å². The van der Waals surface area contributed by atoms with Crippen molar-refractivity contribution < 1.29 is 13.5 Å². The van der Waals surface area contributed by atoms with E-state index in [-0.39, 0.29) is 0 Å². The molecule has 0 amide bonds. The van der Waals surface area contributed by atoms with Gasteiger partial charge in [0.2, 0.25) is 0 Å². The zero-order valence-electron chi connectivity index (χ0n) is 8.41. The van der Waals surface area contributed by atoms with Crippen LogP contribution in [0.2, 0.25) is 0 Å². The van der Waals surface area contributed by atoms with Gasteiger partial charge in [0, 0.05) is 0 Å². The fraction of sp³-hybridized carbons (Fsp3) is 1.00. The summed E-state index contributed by atoms with van der Waals surface area (Å²) in [7, 11) is -2.73. The summed E-state index contributed by atoms with van der Waals surface area (Å²) in [5.41, 5.74) is -0.438. The Morgan fingerprint density at radius 3 is 2.50 bits per heavy atom. The van der Waals surface area contributed by atoms with Crippen LogP contribution in [0.4, 0.5) is 0 Å². The second kappa shape index (κ2) is 3.49. The highest BCUT2D eigenvalue weighted by atomic mass is 32.2. The van der Waals surface area contributed by atoms with Gasteiger partial charge in [-0.25, -0.2) is 8.42 Å². The minimum Gasteiger partial charge on any atom is -0.390 e. The molecule has 1 saturated heterocycles. The maximum atomic E-state index is 11.2. The van der Waals surface area contributed by atoms with E-state index in [9.17, 15) is 13.5 Å². The van der Waals surface area contributed by atoms with E-state index in [1.54, 1.807) is 0 Å². The Morgan fingerprint density at radius 2 is 2.07 bits per heavy atom. The quantitative estimate of drug-likeness (QED) is 0.772. The summed E-state index contributed by atoms with van der Waals surface area (Å²) in [6.45, 7) is 0. The third kappa shape index (κ3) is 2.28. The van der Waals surface area contributed by atoms with Crippen LogP contribution < -0.4 is 0 Å². The fourth-order valence-electron chi connectivity index (χ4n) is 2.41. The van der Waals surface area contributed by atoms with Crippen molar-refractivity contribution in [1.29, 1.82) is 0 Å². The second-order valence-electron chi connectivity index (χ2n) is 4.89. The Labute approximate surface area is 85.4 Å². The lowest BCUT2D eigenvalue weighted by Crippen LogP contribution is -2.37. The average molecular weight is 218 g/mol. The molecule has 82 valence electrons. The minimum absolute atomic E-state index is 0.310.